The summed E-state index contributed by atoms with van der Waals surface area (Å²) in [6, 6.07) is 0. The first-order chi connectivity index (χ1) is 5.22. The van der Waals surface area contributed by atoms with Gasteiger partial charge in [-0.3, -0.25) is 0 Å². The molecule has 1 heteroatoms. The summed E-state index contributed by atoms with van der Waals surface area (Å²) in [7, 11) is 2.12. The van der Waals surface area contributed by atoms with Crippen molar-refractivity contribution in [3.8, 4) is 0 Å². The summed E-state index contributed by atoms with van der Waals surface area (Å²) in [6.45, 7) is 7.50. The average molecular weight is 153 g/mol. The van der Waals surface area contributed by atoms with Gasteiger partial charge in [-0.05, 0) is 26.3 Å². The van der Waals surface area contributed by atoms with Crippen LogP contribution in [-0.2, 0) is 0 Å². The SMILES string of the molecule is C/C=C\C=C(/C)N(C)CCC. The van der Waals surface area contributed by atoms with Gasteiger partial charge in [0.25, 0.3) is 0 Å². The van der Waals surface area contributed by atoms with Crippen LogP contribution in [-0.4, -0.2) is 18.5 Å². The van der Waals surface area contributed by atoms with Crippen LogP contribution in [0, 0.1) is 0 Å². The first-order valence-corrected chi connectivity index (χ1v) is 4.23. The summed E-state index contributed by atoms with van der Waals surface area (Å²) < 4.78 is 0. The molecule has 0 aromatic heterocycles. The van der Waals surface area contributed by atoms with Crippen molar-refractivity contribution in [2.45, 2.75) is 27.2 Å². The van der Waals surface area contributed by atoms with Crippen molar-refractivity contribution in [3.05, 3.63) is 23.9 Å². The normalized spacial score (nSPS) is 12.5. The number of rotatable bonds is 4. The Balaban J connectivity index is 3.89. The second-order valence-corrected chi connectivity index (χ2v) is 2.76. The molecule has 11 heavy (non-hydrogen) atoms. The van der Waals surface area contributed by atoms with Crippen LogP contribution in [0.4, 0.5) is 0 Å². The van der Waals surface area contributed by atoms with Crippen molar-refractivity contribution >= 4 is 0 Å². The van der Waals surface area contributed by atoms with Gasteiger partial charge in [-0.1, -0.05) is 19.1 Å². The zero-order valence-electron chi connectivity index (χ0n) is 8.09. The fourth-order valence-electron chi connectivity index (χ4n) is 0.874. The van der Waals surface area contributed by atoms with Gasteiger partial charge in [-0.25, -0.2) is 0 Å². The van der Waals surface area contributed by atoms with Crippen LogP contribution in [0.25, 0.3) is 0 Å². The van der Waals surface area contributed by atoms with Crippen LogP contribution in [0.3, 0.4) is 0 Å². The Hall–Kier alpha value is -0.720. The number of allylic oxidation sites excluding steroid dienone is 4. The van der Waals surface area contributed by atoms with Crippen LogP contribution in [0.5, 0.6) is 0 Å². The van der Waals surface area contributed by atoms with E-state index in [0.29, 0.717) is 0 Å². The van der Waals surface area contributed by atoms with Crippen molar-refractivity contribution in [2.75, 3.05) is 13.6 Å². The first kappa shape index (κ1) is 10.3. The highest BCUT2D eigenvalue weighted by atomic mass is 15.1. The molecule has 0 radical (unpaired) electrons. The van der Waals surface area contributed by atoms with Crippen molar-refractivity contribution < 1.29 is 0 Å². The van der Waals surface area contributed by atoms with Crippen LogP contribution < -0.4 is 0 Å². The molecular weight excluding hydrogens is 134 g/mol. The Kier molecular flexibility index (Phi) is 5.63. The zero-order valence-corrected chi connectivity index (χ0v) is 8.09. The molecule has 0 aromatic carbocycles. The van der Waals surface area contributed by atoms with E-state index in [1.54, 1.807) is 0 Å². The maximum Gasteiger partial charge on any atom is 0.0169 e. The largest absolute Gasteiger partial charge is 0.378 e. The molecule has 0 saturated carbocycles. The van der Waals surface area contributed by atoms with E-state index in [1.165, 1.54) is 12.1 Å². The van der Waals surface area contributed by atoms with E-state index in [0.717, 1.165) is 6.54 Å². The van der Waals surface area contributed by atoms with Gasteiger partial charge >= 0.3 is 0 Å². The quantitative estimate of drug-likeness (QED) is 0.561. The van der Waals surface area contributed by atoms with Gasteiger partial charge in [-0.15, -0.1) is 0 Å². The lowest BCUT2D eigenvalue weighted by atomic mass is 10.3. The van der Waals surface area contributed by atoms with E-state index in [1.807, 2.05) is 13.0 Å². The van der Waals surface area contributed by atoms with Crippen LogP contribution in [0.1, 0.15) is 27.2 Å². The third kappa shape index (κ3) is 4.65. The minimum absolute atomic E-state index is 1.14. The maximum absolute atomic E-state index is 2.26. The Bertz CT molecular complexity index is 145. The third-order valence-electron chi connectivity index (χ3n) is 1.69. The molecule has 0 atom stereocenters. The van der Waals surface area contributed by atoms with Crippen molar-refractivity contribution in [2.24, 2.45) is 0 Å². The van der Waals surface area contributed by atoms with E-state index < -0.39 is 0 Å². The molecule has 0 aromatic rings. The molecule has 0 aliphatic rings. The molecule has 0 unspecified atom stereocenters. The third-order valence-corrected chi connectivity index (χ3v) is 1.69. The summed E-state index contributed by atoms with van der Waals surface area (Å²) in [5.41, 5.74) is 1.32. The zero-order chi connectivity index (χ0) is 8.69. The topological polar surface area (TPSA) is 3.24 Å². The van der Waals surface area contributed by atoms with Gasteiger partial charge in [0.05, 0.1) is 0 Å². The molecule has 0 spiro atoms. The summed E-state index contributed by atoms with van der Waals surface area (Å²) >= 11 is 0. The van der Waals surface area contributed by atoms with Crippen LogP contribution in [0.2, 0.25) is 0 Å². The Morgan fingerprint density at radius 1 is 1.45 bits per heavy atom. The van der Waals surface area contributed by atoms with E-state index in [2.05, 4.69) is 37.9 Å². The molecule has 0 fully saturated rings. The fraction of sp³-hybridized carbons (Fsp3) is 0.600. The predicted molar refractivity (Wildman–Crippen MR) is 51.5 cm³/mol. The monoisotopic (exact) mass is 153 g/mol. The summed E-state index contributed by atoms with van der Waals surface area (Å²) in [6.07, 6.45) is 7.46. The van der Waals surface area contributed by atoms with E-state index >= 15 is 0 Å². The minimum Gasteiger partial charge on any atom is -0.378 e. The molecule has 0 aliphatic carbocycles. The molecule has 0 N–H and O–H groups in total. The first-order valence-electron chi connectivity index (χ1n) is 4.23. The summed E-state index contributed by atoms with van der Waals surface area (Å²) in [5.74, 6) is 0. The van der Waals surface area contributed by atoms with Crippen molar-refractivity contribution in [1.29, 1.82) is 0 Å². The lowest BCUT2D eigenvalue weighted by molar-refractivity contribution is 0.418. The molecule has 0 amide bonds. The van der Waals surface area contributed by atoms with Gasteiger partial charge in [0.1, 0.15) is 0 Å². The smallest absolute Gasteiger partial charge is 0.0169 e. The second-order valence-electron chi connectivity index (χ2n) is 2.76. The maximum atomic E-state index is 2.26. The molecule has 0 rings (SSSR count). The lowest BCUT2D eigenvalue weighted by Crippen LogP contribution is -2.16. The average Bonchev–Trinajstić information content (AvgIpc) is 2.00. The molecule has 1 nitrogen and oxygen atoms in total. The molecule has 0 aliphatic heterocycles. The van der Waals surface area contributed by atoms with Gasteiger partial charge in [0.15, 0.2) is 0 Å². The van der Waals surface area contributed by atoms with E-state index in [9.17, 15) is 0 Å². The minimum atomic E-state index is 1.14. The summed E-state index contributed by atoms with van der Waals surface area (Å²) in [4.78, 5) is 2.26. The van der Waals surface area contributed by atoms with Gasteiger partial charge in [0, 0.05) is 19.3 Å². The number of nitrogens with zero attached hydrogens (tertiary/aromatic N) is 1. The van der Waals surface area contributed by atoms with Crippen molar-refractivity contribution in [1.82, 2.24) is 4.90 Å². The number of hydrogen-bond donors (Lipinski definition) is 0. The molecule has 0 heterocycles. The van der Waals surface area contributed by atoms with Crippen LogP contribution in [0.15, 0.2) is 23.9 Å². The predicted octanol–water partition coefficient (Wildman–Crippen LogP) is 2.81. The van der Waals surface area contributed by atoms with Gasteiger partial charge in [0.2, 0.25) is 0 Å². The fourth-order valence-corrected chi connectivity index (χ4v) is 0.874. The Labute approximate surface area is 70.4 Å². The highest BCUT2D eigenvalue weighted by Gasteiger charge is 1.93. The van der Waals surface area contributed by atoms with E-state index in [4.69, 9.17) is 0 Å². The molecule has 0 bridgehead atoms. The molecular formula is C10H19N. The Morgan fingerprint density at radius 2 is 2.09 bits per heavy atom. The van der Waals surface area contributed by atoms with Crippen LogP contribution >= 0.6 is 0 Å². The lowest BCUT2D eigenvalue weighted by Gasteiger charge is -2.18. The number of hydrogen-bond acceptors (Lipinski definition) is 1. The Morgan fingerprint density at radius 3 is 2.55 bits per heavy atom. The molecule has 0 saturated heterocycles. The highest BCUT2D eigenvalue weighted by Crippen LogP contribution is 2.00. The van der Waals surface area contributed by atoms with Gasteiger partial charge < -0.3 is 4.90 Å². The second kappa shape index (κ2) is 6.02. The van der Waals surface area contributed by atoms with Gasteiger partial charge in [-0.2, -0.15) is 0 Å². The van der Waals surface area contributed by atoms with Crippen molar-refractivity contribution in [3.63, 3.8) is 0 Å². The summed E-state index contributed by atoms with van der Waals surface area (Å²) in [5, 5.41) is 0. The highest BCUT2D eigenvalue weighted by molar-refractivity contribution is 5.08. The standard InChI is InChI=1S/C10H19N/c1-5-7-8-10(3)11(4)9-6-2/h5,7-8H,6,9H2,1-4H3/b7-5-,10-8+. The van der Waals surface area contributed by atoms with E-state index in [-0.39, 0.29) is 0 Å². The molecule has 64 valence electrons.